The van der Waals surface area contributed by atoms with Crippen LogP contribution in [0.5, 0.6) is 0 Å². The summed E-state index contributed by atoms with van der Waals surface area (Å²) in [7, 11) is 0. The van der Waals surface area contributed by atoms with Gasteiger partial charge in [0.05, 0.1) is 6.04 Å². The van der Waals surface area contributed by atoms with E-state index in [2.05, 4.69) is 15.3 Å². The quantitative estimate of drug-likeness (QED) is 0.558. The number of H-pyrrole nitrogens is 1. The maximum atomic E-state index is 11.7. The molecule has 0 bridgehead atoms. The Morgan fingerprint density at radius 1 is 1.50 bits per heavy atom. The van der Waals surface area contributed by atoms with Crippen LogP contribution in [0.4, 0.5) is 17.5 Å². The zero-order valence-electron chi connectivity index (χ0n) is 9.02. The van der Waals surface area contributed by atoms with E-state index in [4.69, 9.17) is 5.73 Å². The van der Waals surface area contributed by atoms with Gasteiger partial charge in [0.25, 0.3) is 5.56 Å². The van der Waals surface area contributed by atoms with Crippen LogP contribution in [-0.2, 0) is 4.79 Å². The maximum absolute atomic E-state index is 11.7. The van der Waals surface area contributed by atoms with Gasteiger partial charge in [-0.25, -0.2) is 0 Å². The van der Waals surface area contributed by atoms with E-state index in [0.29, 0.717) is 12.2 Å². The molecule has 7 nitrogen and oxygen atoms in total. The molecule has 16 heavy (non-hydrogen) atoms. The van der Waals surface area contributed by atoms with Crippen molar-refractivity contribution >= 4 is 23.9 Å². The number of anilines is 3. The van der Waals surface area contributed by atoms with Gasteiger partial charge >= 0.3 is 0 Å². The zero-order chi connectivity index (χ0) is 11.9. The molecule has 2 rings (SSSR count). The largest absolute Gasteiger partial charge is 0.369 e. The summed E-state index contributed by atoms with van der Waals surface area (Å²) in [5, 5.41) is 3.04. The zero-order valence-corrected chi connectivity index (χ0v) is 9.02. The third-order valence-electron chi connectivity index (χ3n) is 2.81. The molecule has 0 spiro atoms. The summed E-state index contributed by atoms with van der Waals surface area (Å²) in [5.74, 6) is 0.378. The minimum absolute atomic E-state index is 0.00593. The lowest BCUT2D eigenvalue weighted by Crippen LogP contribution is -2.49. The predicted octanol–water partition coefficient (Wildman–Crippen LogP) is -0.483. The number of rotatable bonds is 1. The number of aromatic amines is 1. The Kier molecular flexibility index (Phi) is 2.30. The second kappa shape index (κ2) is 3.51. The van der Waals surface area contributed by atoms with Crippen LogP contribution in [0.15, 0.2) is 4.79 Å². The fourth-order valence-corrected chi connectivity index (χ4v) is 1.75. The van der Waals surface area contributed by atoms with E-state index >= 15 is 0 Å². The first kappa shape index (κ1) is 10.5. The monoisotopic (exact) mass is 223 g/mol. The van der Waals surface area contributed by atoms with Gasteiger partial charge in [-0.2, -0.15) is 4.98 Å². The highest BCUT2D eigenvalue weighted by Crippen LogP contribution is 2.27. The molecular formula is C9H13N5O2. The fraction of sp³-hybridized carbons (Fsp3) is 0.444. The molecule has 0 aromatic carbocycles. The number of nitrogen functional groups attached to an aromatic ring is 1. The maximum Gasteiger partial charge on any atom is 0.278 e. The molecule has 4 N–H and O–H groups in total. The molecule has 0 aliphatic carbocycles. The lowest BCUT2D eigenvalue weighted by atomic mass is 10.1. The van der Waals surface area contributed by atoms with Gasteiger partial charge in [0.1, 0.15) is 0 Å². The lowest BCUT2D eigenvalue weighted by molar-refractivity contribution is -0.107. The van der Waals surface area contributed by atoms with Crippen LogP contribution in [0.25, 0.3) is 0 Å². The highest BCUT2D eigenvalue weighted by molar-refractivity contribution is 5.84. The molecule has 2 atom stereocenters. The molecule has 1 aliphatic rings. The molecule has 1 aromatic rings. The summed E-state index contributed by atoms with van der Waals surface area (Å²) < 4.78 is 0. The van der Waals surface area contributed by atoms with Gasteiger partial charge in [-0.15, -0.1) is 0 Å². The number of nitrogens with two attached hydrogens (primary N) is 1. The SMILES string of the molecule is C[C@@H]1Nc2nc(N)[nH]c(=O)c2N(C=O)[C@@H]1C. The van der Waals surface area contributed by atoms with Crippen LogP contribution in [0.2, 0.25) is 0 Å². The number of carbonyl (C=O) groups excluding carboxylic acids is 1. The van der Waals surface area contributed by atoms with Crippen LogP contribution in [-0.4, -0.2) is 28.5 Å². The standard InChI is InChI=1S/C9H13N5O2/c1-4-5(2)14(3-15)6-7(11-4)12-9(10)13-8(6)16/h3-5H,1-2H3,(H4,10,11,12,13,16)/t4-,5+/m0/s1. The van der Waals surface area contributed by atoms with Crippen molar-refractivity contribution in [3.8, 4) is 0 Å². The molecule has 1 aliphatic heterocycles. The van der Waals surface area contributed by atoms with E-state index in [-0.39, 0.29) is 23.7 Å². The molecule has 0 unspecified atom stereocenters. The Labute approximate surface area is 91.7 Å². The number of aromatic nitrogens is 2. The van der Waals surface area contributed by atoms with Crippen molar-refractivity contribution in [1.29, 1.82) is 0 Å². The Hall–Kier alpha value is -2.05. The van der Waals surface area contributed by atoms with Crippen molar-refractivity contribution in [2.24, 2.45) is 0 Å². The Bertz CT molecular complexity index is 483. The average molecular weight is 223 g/mol. The van der Waals surface area contributed by atoms with Crippen LogP contribution in [0.3, 0.4) is 0 Å². The molecule has 0 radical (unpaired) electrons. The van der Waals surface area contributed by atoms with Gasteiger partial charge in [0.15, 0.2) is 11.5 Å². The van der Waals surface area contributed by atoms with Crippen LogP contribution >= 0.6 is 0 Å². The Morgan fingerprint density at radius 2 is 2.19 bits per heavy atom. The number of hydrogen-bond acceptors (Lipinski definition) is 5. The second-order valence-corrected chi connectivity index (χ2v) is 3.83. The summed E-state index contributed by atoms with van der Waals surface area (Å²) >= 11 is 0. The third-order valence-corrected chi connectivity index (χ3v) is 2.81. The van der Waals surface area contributed by atoms with E-state index in [0.717, 1.165) is 0 Å². The third kappa shape index (κ3) is 1.40. The van der Waals surface area contributed by atoms with Crippen LogP contribution in [0.1, 0.15) is 13.8 Å². The predicted molar refractivity (Wildman–Crippen MR) is 60.4 cm³/mol. The summed E-state index contributed by atoms with van der Waals surface area (Å²) in [6.07, 6.45) is 0.633. The van der Waals surface area contributed by atoms with Gasteiger partial charge in [0, 0.05) is 6.04 Å². The minimum Gasteiger partial charge on any atom is -0.369 e. The van der Waals surface area contributed by atoms with Gasteiger partial charge < -0.3 is 16.0 Å². The van der Waals surface area contributed by atoms with Crippen molar-refractivity contribution in [3.05, 3.63) is 10.4 Å². The average Bonchev–Trinajstić information content (AvgIpc) is 2.20. The van der Waals surface area contributed by atoms with Crippen LogP contribution in [0, 0.1) is 0 Å². The highest BCUT2D eigenvalue weighted by atomic mass is 16.1. The first-order valence-corrected chi connectivity index (χ1v) is 4.94. The first-order valence-electron chi connectivity index (χ1n) is 4.94. The number of fused-ring (bicyclic) bond motifs is 1. The van der Waals surface area contributed by atoms with E-state index in [1.807, 2.05) is 13.8 Å². The molecule has 2 heterocycles. The molecule has 86 valence electrons. The fourth-order valence-electron chi connectivity index (χ4n) is 1.75. The lowest BCUT2D eigenvalue weighted by Gasteiger charge is -2.36. The Morgan fingerprint density at radius 3 is 2.81 bits per heavy atom. The summed E-state index contributed by atoms with van der Waals surface area (Å²) in [6.45, 7) is 3.76. The summed E-state index contributed by atoms with van der Waals surface area (Å²) in [6, 6.07) is -0.108. The molecule has 1 amide bonds. The number of hydrogen-bond donors (Lipinski definition) is 3. The molecule has 7 heteroatoms. The second-order valence-electron chi connectivity index (χ2n) is 3.83. The van der Waals surface area contributed by atoms with Gasteiger partial charge in [0.2, 0.25) is 12.4 Å². The van der Waals surface area contributed by atoms with E-state index in [1.54, 1.807) is 0 Å². The van der Waals surface area contributed by atoms with Crippen molar-refractivity contribution in [3.63, 3.8) is 0 Å². The summed E-state index contributed by atoms with van der Waals surface area (Å²) in [5.41, 5.74) is 5.24. The van der Waals surface area contributed by atoms with Gasteiger partial charge in [-0.05, 0) is 13.8 Å². The highest BCUT2D eigenvalue weighted by Gasteiger charge is 2.31. The normalized spacial score (nSPS) is 23.5. The van der Waals surface area contributed by atoms with Gasteiger partial charge in [-0.3, -0.25) is 14.6 Å². The van der Waals surface area contributed by atoms with Crippen molar-refractivity contribution in [2.45, 2.75) is 25.9 Å². The number of amides is 1. The van der Waals surface area contributed by atoms with E-state index in [1.165, 1.54) is 4.90 Å². The van der Waals surface area contributed by atoms with Gasteiger partial charge in [-0.1, -0.05) is 0 Å². The first-order chi connectivity index (χ1) is 7.54. The topological polar surface area (TPSA) is 104 Å². The molecular weight excluding hydrogens is 210 g/mol. The van der Waals surface area contributed by atoms with Crippen LogP contribution < -0.4 is 21.5 Å². The van der Waals surface area contributed by atoms with E-state index < -0.39 is 5.56 Å². The van der Waals surface area contributed by atoms with Crippen molar-refractivity contribution in [1.82, 2.24) is 9.97 Å². The van der Waals surface area contributed by atoms with Crippen molar-refractivity contribution < 1.29 is 4.79 Å². The summed E-state index contributed by atoms with van der Waals surface area (Å²) in [4.78, 5) is 30.4. The number of nitrogens with one attached hydrogen (secondary N) is 2. The molecule has 1 aromatic heterocycles. The Balaban J connectivity index is 2.64. The molecule has 0 saturated heterocycles. The van der Waals surface area contributed by atoms with E-state index in [9.17, 15) is 9.59 Å². The number of carbonyl (C=O) groups is 1. The van der Waals surface area contributed by atoms with Crippen molar-refractivity contribution in [2.75, 3.05) is 16.0 Å². The molecule has 0 saturated carbocycles. The smallest absolute Gasteiger partial charge is 0.278 e. The minimum atomic E-state index is -0.416. The number of nitrogens with zero attached hydrogens (tertiary/aromatic N) is 2. The molecule has 0 fully saturated rings.